The number of carboxylic acids is 1. The monoisotopic (exact) mass is 245 g/mol. The van der Waals surface area contributed by atoms with E-state index >= 15 is 0 Å². The molecule has 5 heteroatoms. The van der Waals surface area contributed by atoms with E-state index in [9.17, 15) is 4.79 Å². The molecule has 0 unspecified atom stereocenters. The normalized spacial score (nSPS) is 9.59. The van der Waals surface area contributed by atoms with E-state index in [-0.39, 0.29) is 4.88 Å². The Morgan fingerprint density at radius 2 is 2.18 bits per heavy atom. The molecule has 0 radical (unpaired) electrons. The zero-order chi connectivity index (χ0) is 12.3. The van der Waals surface area contributed by atoms with Crippen molar-refractivity contribution >= 4 is 17.3 Å². The molecular formula is C12H7NO3S. The zero-order valence-corrected chi connectivity index (χ0v) is 9.40. The number of nitriles is 1. The van der Waals surface area contributed by atoms with Crippen molar-refractivity contribution in [2.75, 3.05) is 0 Å². The van der Waals surface area contributed by atoms with E-state index in [4.69, 9.17) is 15.1 Å². The molecule has 1 aromatic carbocycles. The summed E-state index contributed by atoms with van der Waals surface area (Å²) >= 11 is 1.04. The van der Waals surface area contributed by atoms with Gasteiger partial charge in [0.2, 0.25) is 0 Å². The van der Waals surface area contributed by atoms with Gasteiger partial charge in [-0.25, -0.2) is 4.79 Å². The molecule has 0 atom stereocenters. The molecule has 0 saturated carbocycles. The maximum atomic E-state index is 10.7. The van der Waals surface area contributed by atoms with Crippen LogP contribution in [0.5, 0.6) is 10.8 Å². The molecule has 0 spiro atoms. The van der Waals surface area contributed by atoms with Crippen LogP contribution >= 0.6 is 11.3 Å². The fourth-order valence-corrected chi connectivity index (χ4v) is 1.95. The number of thiophene rings is 1. The van der Waals surface area contributed by atoms with Crippen LogP contribution in [0.2, 0.25) is 0 Å². The molecule has 2 rings (SSSR count). The molecule has 0 aliphatic carbocycles. The molecule has 0 saturated heterocycles. The summed E-state index contributed by atoms with van der Waals surface area (Å²) in [6.45, 7) is 0. The van der Waals surface area contributed by atoms with Crippen LogP contribution in [-0.4, -0.2) is 11.1 Å². The first-order chi connectivity index (χ1) is 8.19. The van der Waals surface area contributed by atoms with Gasteiger partial charge in [-0.15, -0.1) is 0 Å². The maximum Gasteiger partial charge on any atom is 0.345 e. The highest BCUT2D eigenvalue weighted by molar-refractivity contribution is 7.15. The van der Waals surface area contributed by atoms with Crippen LogP contribution < -0.4 is 4.74 Å². The fourth-order valence-electron chi connectivity index (χ4n) is 1.24. The summed E-state index contributed by atoms with van der Waals surface area (Å²) in [6.07, 6.45) is 0. The Kier molecular flexibility index (Phi) is 3.08. The van der Waals surface area contributed by atoms with Crippen molar-refractivity contribution < 1.29 is 14.6 Å². The van der Waals surface area contributed by atoms with E-state index in [2.05, 4.69) is 0 Å². The smallest absolute Gasteiger partial charge is 0.345 e. The van der Waals surface area contributed by atoms with Gasteiger partial charge in [0.15, 0.2) is 5.06 Å². The van der Waals surface area contributed by atoms with Gasteiger partial charge in [0.25, 0.3) is 0 Å². The highest BCUT2D eigenvalue weighted by Gasteiger charge is 2.08. The average molecular weight is 245 g/mol. The Labute approximate surface area is 101 Å². The summed E-state index contributed by atoms with van der Waals surface area (Å²) < 4.78 is 5.46. The van der Waals surface area contributed by atoms with Gasteiger partial charge in [0.1, 0.15) is 10.6 Å². The summed E-state index contributed by atoms with van der Waals surface area (Å²) in [5.41, 5.74) is 0.498. The van der Waals surface area contributed by atoms with E-state index in [1.165, 1.54) is 6.07 Å². The predicted octanol–water partition coefficient (Wildman–Crippen LogP) is 3.11. The van der Waals surface area contributed by atoms with E-state index in [0.29, 0.717) is 16.4 Å². The van der Waals surface area contributed by atoms with Gasteiger partial charge in [0, 0.05) is 0 Å². The Morgan fingerprint density at radius 1 is 1.35 bits per heavy atom. The Bertz CT molecular complexity index is 598. The van der Waals surface area contributed by atoms with Gasteiger partial charge in [-0.05, 0) is 30.3 Å². The Hall–Kier alpha value is -2.32. The molecule has 0 bridgehead atoms. The summed E-state index contributed by atoms with van der Waals surface area (Å²) in [4.78, 5) is 10.9. The second kappa shape index (κ2) is 4.68. The third-order valence-electron chi connectivity index (χ3n) is 1.97. The van der Waals surface area contributed by atoms with E-state index < -0.39 is 5.97 Å². The van der Waals surface area contributed by atoms with Gasteiger partial charge in [0.05, 0.1) is 11.6 Å². The molecular weight excluding hydrogens is 238 g/mol. The topological polar surface area (TPSA) is 70.3 Å². The van der Waals surface area contributed by atoms with Crippen LogP contribution in [0.4, 0.5) is 0 Å². The molecule has 1 heterocycles. The molecule has 1 aromatic heterocycles. The van der Waals surface area contributed by atoms with Crippen molar-refractivity contribution in [3.8, 4) is 16.9 Å². The first-order valence-electron chi connectivity index (χ1n) is 4.70. The number of aromatic carboxylic acids is 1. The largest absolute Gasteiger partial charge is 0.477 e. The van der Waals surface area contributed by atoms with Crippen molar-refractivity contribution in [1.29, 1.82) is 5.26 Å². The highest BCUT2D eigenvalue weighted by atomic mass is 32.1. The number of nitrogens with zero attached hydrogens (tertiary/aromatic N) is 1. The number of hydrogen-bond donors (Lipinski definition) is 1. The lowest BCUT2D eigenvalue weighted by atomic mass is 10.2. The van der Waals surface area contributed by atoms with Crippen molar-refractivity contribution in [3.63, 3.8) is 0 Å². The summed E-state index contributed by atoms with van der Waals surface area (Å²) in [5, 5.41) is 18.0. The minimum absolute atomic E-state index is 0.219. The van der Waals surface area contributed by atoms with Crippen LogP contribution in [-0.2, 0) is 0 Å². The minimum Gasteiger partial charge on any atom is -0.477 e. The van der Waals surface area contributed by atoms with Crippen LogP contribution in [0.1, 0.15) is 15.2 Å². The van der Waals surface area contributed by atoms with Gasteiger partial charge >= 0.3 is 5.97 Å². The van der Waals surface area contributed by atoms with Crippen molar-refractivity contribution in [2.45, 2.75) is 0 Å². The average Bonchev–Trinajstić information content (AvgIpc) is 2.78. The Balaban J connectivity index is 2.19. The van der Waals surface area contributed by atoms with E-state index in [1.807, 2.05) is 6.07 Å². The van der Waals surface area contributed by atoms with E-state index in [0.717, 1.165) is 11.3 Å². The van der Waals surface area contributed by atoms with Gasteiger partial charge in [-0.2, -0.15) is 5.26 Å². The second-order valence-electron chi connectivity index (χ2n) is 3.17. The quantitative estimate of drug-likeness (QED) is 0.901. The molecule has 1 N–H and O–H groups in total. The van der Waals surface area contributed by atoms with E-state index in [1.54, 1.807) is 30.3 Å². The van der Waals surface area contributed by atoms with Gasteiger partial charge < -0.3 is 9.84 Å². The van der Waals surface area contributed by atoms with Crippen molar-refractivity contribution in [1.82, 2.24) is 0 Å². The number of hydrogen-bond acceptors (Lipinski definition) is 4. The first-order valence-corrected chi connectivity index (χ1v) is 5.52. The molecule has 84 valence electrons. The lowest BCUT2D eigenvalue weighted by molar-refractivity contribution is 0.0702. The molecule has 0 aliphatic rings. The van der Waals surface area contributed by atoms with Crippen LogP contribution in [0.3, 0.4) is 0 Å². The lowest BCUT2D eigenvalue weighted by Gasteiger charge is -2.01. The number of rotatable bonds is 3. The maximum absolute atomic E-state index is 10.7. The molecule has 4 nitrogen and oxygen atoms in total. The number of carbonyl (C=O) groups is 1. The number of carboxylic acid groups (broad SMARTS) is 1. The number of benzene rings is 1. The third kappa shape index (κ3) is 2.62. The van der Waals surface area contributed by atoms with Crippen LogP contribution in [0.25, 0.3) is 0 Å². The number of ether oxygens (including phenoxy) is 1. The summed E-state index contributed by atoms with van der Waals surface area (Å²) in [6, 6.07) is 11.8. The zero-order valence-electron chi connectivity index (χ0n) is 8.58. The summed E-state index contributed by atoms with van der Waals surface area (Å²) in [5.74, 6) is -0.460. The molecule has 0 aliphatic heterocycles. The SMILES string of the molecule is N#Cc1cccc(Oc2ccc(C(=O)O)s2)c1. The molecule has 2 aromatic rings. The minimum atomic E-state index is -0.976. The van der Waals surface area contributed by atoms with Gasteiger partial charge in [-0.1, -0.05) is 17.4 Å². The standard InChI is InChI=1S/C12H7NO3S/c13-7-8-2-1-3-9(6-8)16-11-5-4-10(17-11)12(14)15/h1-6H,(H,14,15). The third-order valence-corrected chi connectivity index (χ3v) is 2.92. The molecule has 0 amide bonds. The van der Waals surface area contributed by atoms with Crippen molar-refractivity contribution in [2.24, 2.45) is 0 Å². The molecule has 0 fully saturated rings. The van der Waals surface area contributed by atoms with Gasteiger partial charge in [-0.3, -0.25) is 0 Å². The lowest BCUT2D eigenvalue weighted by Crippen LogP contribution is -1.89. The first kappa shape index (κ1) is 11.2. The summed E-state index contributed by atoms with van der Waals surface area (Å²) in [7, 11) is 0. The highest BCUT2D eigenvalue weighted by Crippen LogP contribution is 2.29. The van der Waals surface area contributed by atoms with Crippen molar-refractivity contribution in [3.05, 3.63) is 46.8 Å². The predicted molar refractivity (Wildman–Crippen MR) is 62.5 cm³/mol. The fraction of sp³-hybridized carbons (Fsp3) is 0. The van der Waals surface area contributed by atoms with Crippen LogP contribution in [0.15, 0.2) is 36.4 Å². The second-order valence-corrected chi connectivity index (χ2v) is 4.21. The molecule has 17 heavy (non-hydrogen) atoms. The van der Waals surface area contributed by atoms with Crippen LogP contribution in [0, 0.1) is 11.3 Å². The Morgan fingerprint density at radius 3 is 2.82 bits per heavy atom.